The molecule has 0 saturated heterocycles. The number of rotatable bonds is 3. The first kappa shape index (κ1) is 18.8. The van der Waals surface area contributed by atoms with Gasteiger partial charge in [-0.15, -0.1) is 0 Å². The second kappa shape index (κ2) is 7.71. The molecule has 1 heterocycles. The van der Waals surface area contributed by atoms with Crippen molar-refractivity contribution in [3.05, 3.63) is 64.7 Å². The molecule has 27 heavy (non-hydrogen) atoms. The average Bonchev–Trinajstić information content (AvgIpc) is 2.65. The third-order valence-corrected chi connectivity index (χ3v) is 4.33. The number of fused-ring (bicyclic) bond motifs is 1. The normalized spacial score (nSPS) is 13.5. The molecule has 1 aliphatic heterocycles. The Balaban J connectivity index is 1.61. The monoisotopic (exact) mass is 364 g/mol. The summed E-state index contributed by atoms with van der Waals surface area (Å²) in [7, 11) is 0. The largest absolute Gasteiger partial charge is 0.489 e. The molecule has 3 rings (SSSR count). The number of nitriles is 1. The van der Waals surface area contributed by atoms with E-state index in [9.17, 15) is 4.79 Å². The molecule has 0 aromatic heterocycles. The molecule has 0 fully saturated rings. The Morgan fingerprint density at radius 1 is 1.15 bits per heavy atom. The van der Waals surface area contributed by atoms with Gasteiger partial charge >= 0.3 is 6.09 Å². The number of carbonyl (C=O) groups excluding carboxylic acids is 1. The van der Waals surface area contributed by atoms with Crippen molar-refractivity contribution in [2.24, 2.45) is 0 Å². The summed E-state index contributed by atoms with van der Waals surface area (Å²) in [5.41, 5.74) is 3.50. The van der Waals surface area contributed by atoms with Crippen LogP contribution >= 0.6 is 0 Å². The lowest BCUT2D eigenvalue weighted by atomic mass is 10.00. The van der Waals surface area contributed by atoms with Gasteiger partial charge < -0.3 is 14.4 Å². The van der Waals surface area contributed by atoms with Crippen LogP contribution in [0, 0.1) is 11.3 Å². The van der Waals surface area contributed by atoms with E-state index in [4.69, 9.17) is 14.7 Å². The molecule has 0 aliphatic carbocycles. The second-order valence-corrected chi connectivity index (χ2v) is 7.68. The van der Waals surface area contributed by atoms with Crippen LogP contribution in [0.2, 0.25) is 0 Å². The molecule has 1 amide bonds. The fourth-order valence-electron chi connectivity index (χ4n) is 2.94. The molecule has 0 N–H and O–H groups in total. The van der Waals surface area contributed by atoms with Gasteiger partial charge in [0.25, 0.3) is 0 Å². The molecule has 1 aliphatic rings. The molecular weight excluding hydrogens is 340 g/mol. The molecule has 2 aromatic carbocycles. The maximum atomic E-state index is 12.3. The summed E-state index contributed by atoms with van der Waals surface area (Å²) in [6, 6.07) is 15.5. The Labute approximate surface area is 160 Å². The van der Waals surface area contributed by atoms with Gasteiger partial charge in [0.2, 0.25) is 0 Å². The van der Waals surface area contributed by atoms with Crippen LogP contribution in [0.1, 0.15) is 43.0 Å². The molecule has 0 bridgehead atoms. The van der Waals surface area contributed by atoms with Crippen LogP contribution in [0.3, 0.4) is 0 Å². The number of nitrogens with zero attached hydrogens (tertiary/aromatic N) is 2. The minimum absolute atomic E-state index is 0.269. The van der Waals surface area contributed by atoms with Crippen LogP contribution in [0.4, 0.5) is 4.79 Å². The first-order valence-corrected chi connectivity index (χ1v) is 9.05. The Bertz CT molecular complexity index is 861. The maximum absolute atomic E-state index is 12.3. The molecule has 5 heteroatoms. The van der Waals surface area contributed by atoms with Gasteiger partial charge in [-0.3, -0.25) is 0 Å². The number of hydrogen-bond donors (Lipinski definition) is 0. The van der Waals surface area contributed by atoms with Crippen LogP contribution in [-0.4, -0.2) is 23.1 Å². The number of benzene rings is 2. The summed E-state index contributed by atoms with van der Waals surface area (Å²) in [6.45, 7) is 7.27. The maximum Gasteiger partial charge on any atom is 0.410 e. The first-order chi connectivity index (χ1) is 12.8. The van der Waals surface area contributed by atoms with E-state index in [-0.39, 0.29) is 6.09 Å². The predicted molar refractivity (Wildman–Crippen MR) is 102 cm³/mol. The molecule has 0 saturated carbocycles. The minimum Gasteiger partial charge on any atom is -0.489 e. The highest BCUT2D eigenvalue weighted by Crippen LogP contribution is 2.25. The lowest BCUT2D eigenvalue weighted by Gasteiger charge is -2.31. The van der Waals surface area contributed by atoms with Crippen molar-refractivity contribution in [3.8, 4) is 11.8 Å². The van der Waals surface area contributed by atoms with Crippen molar-refractivity contribution in [3.63, 3.8) is 0 Å². The summed E-state index contributed by atoms with van der Waals surface area (Å²) in [5.74, 6) is 0.809. The summed E-state index contributed by atoms with van der Waals surface area (Å²) in [5, 5.41) is 8.84. The van der Waals surface area contributed by atoms with Gasteiger partial charge in [-0.25, -0.2) is 4.79 Å². The molecule has 140 valence electrons. The number of amides is 1. The van der Waals surface area contributed by atoms with Crippen molar-refractivity contribution < 1.29 is 14.3 Å². The third-order valence-electron chi connectivity index (χ3n) is 4.33. The molecular formula is C22H24N2O3. The molecule has 0 unspecified atom stereocenters. The number of ether oxygens (including phenoxy) is 2. The van der Waals surface area contributed by atoms with Gasteiger partial charge in [0, 0.05) is 13.1 Å². The van der Waals surface area contributed by atoms with Gasteiger partial charge in [-0.2, -0.15) is 5.26 Å². The van der Waals surface area contributed by atoms with Crippen molar-refractivity contribution >= 4 is 6.09 Å². The van der Waals surface area contributed by atoms with Gasteiger partial charge in [0.1, 0.15) is 18.0 Å². The fourth-order valence-corrected chi connectivity index (χ4v) is 2.94. The van der Waals surface area contributed by atoms with E-state index in [1.807, 2.05) is 51.1 Å². The van der Waals surface area contributed by atoms with Crippen molar-refractivity contribution in [1.82, 2.24) is 4.90 Å². The highest BCUT2D eigenvalue weighted by molar-refractivity contribution is 5.68. The summed E-state index contributed by atoms with van der Waals surface area (Å²) in [4.78, 5) is 14.0. The minimum atomic E-state index is -0.486. The summed E-state index contributed by atoms with van der Waals surface area (Å²) in [6.07, 6.45) is 0.511. The summed E-state index contributed by atoms with van der Waals surface area (Å²) < 4.78 is 11.3. The van der Waals surface area contributed by atoms with Gasteiger partial charge in [0.05, 0.1) is 11.6 Å². The lowest BCUT2D eigenvalue weighted by Crippen LogP contribution is -2.39. The topological polar surface area (TPSA) is 62.6 Å². The Kier molecular flexibility index (Phi) is 5.36. The highest BCUT2D eigenvalue weighted by Gasteiger charge is 2.25. The highest BCUT2D eigenvalue weighted by atomic mass is 16.6. The van der Waals surface area contributed by atoms with E-state index in [2.05, 4.69) is 6.07 Å². The third kappa shape index (κ3) is 5.01. The van der Waals surface area contributed by atoms with E-state index in [0.717, 1.165) is 23.3 Å². The zero-order valence-electron chi connectivity index (χ0n) is 16.0. The van der Waals surface area contributed by atoms with Gasteiger partial charge in [-0.1, -0.05) is 18.2 Å². The van der Waals surface area contributed by atoms with Gasteiger partial charge in [0.15, 0.2) is 0 Å². The van der Waals surface area contributed by atoms with Crippen molar-refractivity contribution in [2.45, 2.75) is 45.9 Å². The predicted octanol–water partition coefficient (Wildman–Crippen LogP) is 4.43. The molecule has 2 aromatic rings. The standard InChI is InChI=1S/C22H24N2O3/c1-22(2,3)27-21(25)24-11-10-18-12-20(9-8-19(18)14-24)26-15-17-6-4-16(13-23)5-7-17/h4-9,12H,10-11,14-15H2,1-3H3. The Morgan fingerprint density at radius 2 is 1.89 bits per heavy atom. The molecule has 0 atom stereocenters. The van der Waals surface area contributed by atoms with Crippen LogP contribution in [0.25, 0.3) is 0 Å². The first-order valence-electron chi connectivity index (χ1n) is 9.05. The van der Waals surface area contributed by atoms with E-state index in [1.54, 1.807) is 17.0 Å². The molecule has 5 nitrogen and oxygen atoms in total. The van der Waals surface area contributed by atoms with E-state index < -0.39 is 5.60 Å². The SMILES string of the molecule is CC(C)(C)OC(=O)N1CCc2cc(OCc3ccc(C#N)cc3)ccc2C1. The van der Waals surface area contributed by atoms with Crippen molar-refractivity contribution in [1.29, 1.82) is 5.26 Å². The van der Waals surface area contributed by atoms with Crippen LogP contribution in [0.15, 0.2) is 42.5 Å². The zero-order chi connectivity index (χ0) is 19.4. The van der Waals surface area contributed by atoms with E-state index >= 15 is 0 Å². The average molecular weight is 364 g/mol. The van der Waals surface area contributed by atoms with Crippen LogP contribution in [-0.2, 0) is 24.3 Å². The van der Waals surface area contributed by atoms with Crippen molar-refractivity contribution in [2.75, 3.05) is 6.54 Å². The fraction of sp³-hybridized carbons (Fsp3) is 0.364. The molecule has 0 radical (unpaired) electrons. The van der Waals surface area contributed by atoms with E-state index in [1.165, 1.54) is 5.56 Å². The van der Waals surface area contributed by atoms with Crippen LogP contribution < -0.4 is 4.74 Å². The zero-order valence-corrected chi connectivity index (χ0v) is 16.0. The number of carbonyl (C=O) groups is 1. The second-order valence-electron chi connectivity index (χ2n) is 7.68. The Hall–Kier alpha value is -3.00. The smallest absolute Gasteiger partial charge is 0.410 e. The Morgan fingerprint density at radius 3 is 2.56 bits per heavy atom. The van der Waals surface area contributed by atoms with E-state index in [0.29, 0.717) is 25.3 Å². The van der Waals surface area contributed by atoms with Gasteiger partial charge in [-0.05, 0) is 68.1 Å². The summed E-state index contributed by atoms with van der Waals surface area (Å²) >= 11 is 0. The number of hydrogen-bond acceptors (Lipinski definition) is 4. The molecule has 0 spiro atoms. The van der Waals surface area contributed by atoms with Crippen LogP contribution in [0.5, 0.6) is 5.75 Å². The quantitative estimate of drug-likeness (QED) is 0.808. The lowest BCUT2D eigenvalue weighted by molar-refractivity contribution is 0.0224.